The van der Waals surface area contributed by atoms with Gasteiger partial charge in [0.15, 0.2) is 0 Å². The van der Waals surface area contributed by atoms with Gasteiger partial charge in [0.25, 0.3) is 11.8 Å². The van der Waals surface area contributed by atoms with Crippen LogP contribution in [0.25, 0.3) is 0 Å². The smallest absolute Gasteiger partial charge is 0.279 e. The van der Waals surface area contributed by atoms with Crippen molar-refractivity contribution >= 4 is 39.1 Å². The van der Waals surface area contributed by atoms with Crippen LogP contribution in [0, 0.1) is 0 Å². The molecule has 122 valence electrons. The van der Waals surface area contributed by atoms with E-state index in [1.807, 2.05) is 0 Å². The minimum absolute atomic E-state index is 0.353. The summed E-state index contributed by atoms with van der Waals surface area (Å²) in [4.78, 5) is 24.3. The first-order valence-electron chi connectivity index (χ1n) is 7.19. The molecule has 0 aliphatic carbocycles. The Morgan fingerprint density at radius 1 is 1.09 bits per heavy atom. The first-order chi connectivity index (χ1) is 11.1. The Labute approximate surface area is 147 Å². The number of ether oxygens (including phenoxy) is 1. The van der Waals surface area contributed by atoms with E-state index in [4.69, 9.17) is 4.74 Å². The van der Waals surface area contributed by atoms with Gasteiger partial charge in [-0.1, -0.05) is 13.3 Å². The van der Waals surface area contributed by atoms with E-state index in [0.717, 1.165) is 22.4 Å². The Bertz CT molecular complexity index is 670. The molecule has 1 heterocycles. The molecule has 1 aromatic heterocycles. The molecule has 2 amide bonds. The first-order valence-corrected chi connectivity index (χ1v) is 8.80. The van der Waals surface area contributed by atoms with Crippen LogP contribution < -0.4 is 15.6 Å². The van der Waals surface area contributed by atoms with E-state index in [1.54, 1.807) is 36.4 Å². The summed E-state index contributed by atoms with van der Waals surface area (Å²) >= 11 is 4.58. The van der Waals surface area contributed by atoms with Crippen molar-refractivity contribution in [3.05, 3.63) is 50.6 Å². The van der Waals surface area contributed by atoms with Crippen molar-refractivity contribution in [3.8, 4) is 5.75 Å². The number of thiophene rings is 1. The molecule has 2 N–H and O–H groups in total. The number of carbonyl (C=O) groups excluding carboxylic acids is 2. The molecule has 2 aromatic rings. The Balaban J connectivity index is 1.84. The molecular weight excluding hydrogens is 380 g/mol. The summed E-state index contributed by atoms with van der Waals surface area (Å²) in [5.41, 5.74) is 5.22. The second kappa shape index (κ2) is 8.69. The minimum Gasteiger partial charge on any atom is -0.494 e. The fourth-order valence-corrected chi connectivity index (χ4v) is 3.00. The molecule has 2 rings (SSSR count). The highest BCUT2D eigenvalue weighted by molar-refractivity contribution is 9.11. The quantitative estimate of drug-likeness (QED) is 0.576. The zero-order valence-electron chi connectivity index (χ0n) is 12.6. The van der Waals surface area contributed by atoms with Gasteiger partial charge >= 0.3 is 0 Å². The van der Waals surface area contributed by atoms with Crippen LogP contribution in [0.15, 0.2) is 40.2 Å². The third-order valence-corrected chi connectivity index (χ3v) is 4.59. The van der Waals surface area contributed by atoms with Crippen molar-refractivity contribution in [1.82, 2.24) is 10.9 Å². The van der Waals surface area contributed by atoms with E-state index >= 15 is 0 Å². The maximum Gasteiger partial charge on any atom is 0.279 e. The number of hydrazine groups is 1. The predicted octanol–water partition coefficient (Wildman–Crippen LogP) is 3.76. The minimum atomic E-state index is -0.380. The van der Waals surface area contributed by atoms with Crippen LogP contribution in [-0.4, -0.2) is 18.4 Å². The summed E-state index contributed by atoms with van der Waals surface area (Å²) in [7, 11) is 0. The molecule has 0 aliphatic heterocycles. The third kappa shape index (κ3) is 5.37. The number of unbranched alkanes of at least 4 members (excludes halogenated alkanes) is 1. The largest absolute Gasteiger partial charge is 0.494 e. The van der Waals surface area contributed by atoms with Gasteiger partial charge in [-0.2, -0.15) is 0 Å². The summed E-state index contributed by atoms with van der Waals surface area (Å²) in [5, 5.41) is 0. The molecule has 0 aliphatic rings. The highest BCUT2D eigenvalue weighted by atomic mass is 79.9. The van der Waals surface area contributed by atoms with Gasteiger partial charge in [0.2, 0.25) is 0 Å². The van der Waals surface area contributed by atoms with Gasteiger partial charge in [0.1, 0.15) is 5.75 Å². The van der Waals surface area contributed by atoms with Crippen LogP contribution in [-0.2, 0) is 0 Å². The molecule has 0 saturated heterocycles. The number of carbonyl (C=O) groups is 2. The average Bonchev–Trinajstić information content (AvgIpc) is 3.00. The lowest BCUT2D eigenvalue weighted by atomic mass is 10.2. The van der Waals surface area contributed by atoms with E-state index < -0.39 is 0 Å². The lowest BCUT2D eigenvalue weighted by Crippen LogP contribution is -2.41. The van der Waals surface area contributed by atoms with Gasteiger partial charge < -0.3 is 4.74 Å². The van der Waals surface area contributed by atoms with Crippen molar-refractivity contribution in [2.75, 3.05) is 6.61 Å². The Morgan fingerprint density at radius 3 is 2.39 bits per heavy atom. The zero-order valence-corrected chi connectivity index (χ0v) is 15.0. The average molecular weight is 397 g/mol. The van der Waals surface area contributed by atoms with Crippen LogP contribution in [0.1, 0.15) is 39.8 Å². The number of hydrogen-bond acceptors (Lipinski definition) is 4. The lowest BCUT2D eigenvalue weighted by molar-refractivity contribution is 0.0849. The summed E-state index contributed by atoms with van der Waals surface area (Å²) < 4.78 is 6.39. The van der Waals surface area contributed by atoms with Gasteiger partial charge in [-0.3, -0.25) is 20.4 Å². The standard InChI is InChI=1S/C16H17BrN2O3S/c1-2-3-10-22-12-6-4-11(5-7-12)15(20)18-19-16(21)13-8-9-14(17)23-13/h4-9H,2-3,10H2,1H3,(H,18,20)(H,19,21). The fourth-order valence-electron chi connectivity index (χ4n) is 1.72. The molecule has 0 unspecified atom stereocenters. The number of benzene rings is 1. The highest BCUT2D eigenvalue weighted by Gasteiger charge is 2.11. The van der Waals surface area contributed by atoms with Crippen molar-refractivity contribution in [3.63, 3.8) is 0 Å². The summed E-state index contributed by atoms with van der Waals surface area (Å²) in [6, 6.07) is 10.2. The van der Waals surface area contributed by atoms with Crippen LogP contribution in [0.3, 0.4) is 0 Å². The summed E-state index contributed by atoms with van der Waals surface area (Å²) in [6.07, 6.45) is 2.06. The Morgan fingerprint density at radius 2 is 1.78 bits per heavy atom. The van der Waals surface area contributed by atoms with E-state index in [-0.39, 0.29) is 11.8 Å². The van der Waals surface area contributed by atoms with Gasteiger partial charge in [-0.15, -0.1) is 11.3 Å². The number of nitrogens with one attached hydrogen (secondary N) is 2. The van der Waals surface area contributed by atoms with Gasteiger partial charge in [0, 0.05) is 5.56 Å². The van der Waals surface area contributed by atoms with E-state index in [0.29, 0.717) is 17.0 Å². The molecule has 7 heteroatoms. The van der Waals surface area contributed by atoms with Gasteiger partial charge in [-0.05, 0) is 58.7 Å². The van der Waals surface area contributed by atoms with Crippen LogP contribution in [0.5, 0.6) is 5.75 Å². The number of rotatable bonds is 6. The molecule has 0 atom stereocenters. The van der Waals surface area contributed by atoms with Crippen molar-refractivity contribution in [2.24, 2.45) is 0 Å². The van der Waals surface area contributed by atoms with E-state index in [2.05, 4.69) is 33.7 Å². The lowest BCUT2D eigenvalue weighted by Gasteiger charge is -2.08. The Kier molecular flexibility index (Phi) is 6.61. The van der Waals surface area contributed by atoms with Gasteiger partial charge in [-0.25, -0.2) is 0 Å². The molecule has 0 radical (unpaired) electrons. The highest BCUT2D eigenvalue weighted by Crippen LogP contribution is 2.21. The molecule has 0 saturated carbocycles. The fraction of sp³-hybridized carbons (Fsp3) is 0.250. The van der Waals surface area contributed by atoms with E-state index in [9.17, 15) is 9.59 Å². The monoisotopic (exact) mass is 396 g/mol. The first kappa shape index (κ1) is 17.5. The molecule has 1 aromatic carbocycles. The van der Waals surface area contributed by atoms with Crippen LogP contribution in [0.4, 0.5) is 0 Å². The molecular formula is C16H17BrN2O3S. The number of hydrogen-bond donors (Lipinski definition) is 2. The predicted molar refractivity (Wildman–Crippen MR) is 93.8 cm³/mol. The molecule has 0 spiro atoms. The maximum atomic E-state index is 12.0. The van der Waals surface area contributed by atoms with Crippen LogP contribution in [0.2, 0.25) is 0 Å². The zero-order chi connectivity index (χ0) is 16.7. The van der Waals surface area contributed by atoms with Gasteiger partial charge in [0.05, 0.1) is 15.3 Å². The topological polar surface area (TPSA) is 67.4 Å². The third-order valence-electron chi connectivity index (χ3n) is 2.97. The maximum absolute atomic E-state index is 12.0. The SMILES string of the molecule is CCCCOc1ccc(C(=O)NNC(=O)c2ccc(Br)s2)cc1. The summed E-state index contributed by atoms with van der Waals surface area (Å²) in [6.45, 7) is 2.76. The molecule has 0 bridgehead atoms. The second-order valence-electron chi connectivity index (χ2n) is 4.74. The molecule has 0 fully saturated rings. The normalized spacial score (nSPS) is 10.2. The number of amides is 2. The molecule has 23 heavy (non-hydrogen) atoms. The Hall–Kier alpha value is -1.86. The molecule has 5 nitrogen and oxygen atoms in total. The summed E-state index contributed by atoms with van der Waals surface area (Å²) in [5.74, 6) is -0.00915. The van der Waals surface area contributed by atoms with Crippen molar-refractivity contribution in [1.29, 1.82) is 0 Å². The van der Waals surface area contributed by atoms with Crippen LogP contribution >= 0.6 is 27.3 Å². The van der Waals surface area contributed by atoms with Crippen molar-refractivity contribution < 1.29 is 14.3 Å². The van der Waals surface area contributed by atoms with E-state index in [1.165, 1.54) is 11.3 Å². The second-order valence-corrected chi connectivity index (χ2v) is 7.20. The van der Waals surface area contributed by atoms with Crippen molar-refractivity contribution in [2.45, 2.75) is 19.8 Å². The number of halogens is 1.